The summed E-state index contributed by atoms with van der Waals surface area (Å²) in [6, 6.07) is 3.88. The molecule has 19 heavy (non-hydrogen) atoms. The van der Waals surface area contributed by atoms with Crippen molar-refractivity contribution in [2.45, 2.75) is 6.42 Å². The van der Waals surface area contributed by atoms with Gasteiger partial charge in [0.1, 0.15) is 18.0 Å². The van der Waals surface area contributed by atoms with Crippen LogP contribution in [0.4, 0.5) is 11.6 Å². The van der Waals surface area contributed by atoms with Crippen molar-refractivity contribution in [3.63, 3.8) is 0 Å². The van der Waals surface area contributed by atoms with Gasteiger partial charge in [0, 0.05) is 34.4 Å². The van der Waals surface area contributed by atoms with Crippen LogP contribution in [-0.2, 0) is 6.42 Å². The van der Waals surface area contributed by atoms with Crippen LogP contribution in [0.3, 0.4) is 0 Å². The predicted octanol–water partition coefficient (Wildman–Crippen LogP) is 2.87. The minimum absolute atomic E-state index is 0.512. The lowest BCUT2D eigenvalue weighted by Gasteiger charge is -2.17. The summed E-state index contributed by atoms with van der Waals surface area (Å²) < 4.78 is 1.12. The summed E-state index contributed by atoms with van der Waals surface area (Å²) in [4.78, 5) is 11.5. The number of hydrogen-bond acceptors (Lipinski definition) is 6. The molecule has 0 fully saturated rings. The molecule has 1 N–H and O–H groups in total. The van der Waals surface area contributed by atoms with Crippen molar-refractivity contribution >= 4 is 38.9 Å². The number of thiophene rings is 1. The van der Waals surface area contributed by atoms with Gasteiger partial charge < -0.3 is 4.90 Å². The summed E-state index contributed by atoms with van der Waals surface area (Å²) in [5.74, 6) is 1.31. The van der Waals surface area contributed by atoms with Crippen molar-refractivity contribution in [1.82, 2.24) is 9.97 Å². The molecule has 0 aromatic carbocycles. The summed E-state index contributed by atoms with van der Waals surface area (Å²) in [5, 5.41) is 13.1. The van der Waals surface area contributed by atoms with E-state index in [1.807, 2.05) is 18.1 Å². The zero-order valence-corrected chi connectivity index (χ0v) is 12.7. The molecular weight excluding hydrogens is 326 g/mol. The highest BCUT2D eigenvalue weighted by atomic mass is 79.9. The fourth-order valence-corrected chi connectivity index (χ4v) is 3.00. The average Bonchev–Trinajstić information content (AvgIpc) is 2.82. The van der Waals surface area contributed by atoms with Crippen molar-refractivity contribution < 1.29 is 0 Å². The number of nitriles is 1. The Morgan fingerprint density at radius 3 is 3.00 bits per heavy atom. The molecule has 0 aliphatic carbocycles. The second-order valence-corrected chi connectivity index (χ2v) is 5.81. The van der Waals surface area contributed by atoms with Crippen LogP contribution in [-0.4, -0.2) is 23.6 Å². The number of hydrogen-bond donors (Lipinski definition) is 1. The smallest absolute Gasteiger partial charge is 0.182 e. The van der Waals surface area contributed by atoms with Crippen molar-refractivity contribution in [2.75, 3.05) is 23.8 Å². The Morgan fingerprint density at radius 2 is 2.32 bits per heavy atom. The van der Waals surface area contributed by atoms with Gasteiger partial charge in [-0.05, 0) is 28.4 Å². The van der Waals surface area contributed by atoms with E-state index in [0.29, 0.717) is 5.82 Å². The number of nitrogens with zero attached hydrogens (tertiary/aromatic N) is 4. The molecule has 5 nitrogen and oxygen atoms in total. The third kappa shape index (κ3) is 3.91. The van der Waals surface area contributed by atoms with Gasteiger partial charge in [-0.15, -0.1) is 11.3 Å². The molecule has 0 atom stereocenters. The lowest BCUT2D eigenvalue weighted by Crippen LogP contribution is -2.21. The maximum atomic E-state index is 8.57. The number of halogens is 1. The normalized spacial score (nSPS) is 9.95. The van der Waals surface area contributed by atoms with E-state index in [1.54, 1.807) is 17.4 Å². The van der Waals surface area contributed by atoms with Crippen molar-refractivity contribution in [1.29, 1.82) is 5.26 Å². The molecule has 2 rings (SSSR count). The molecule has 0 radical (unpaired) electrons. The van der Waals surface area contributed by atoms with Crippen molar-refractivity contribution in [2.24, 2.45) is 0 Å². The van der Waals surface area contributed by atoms with E-state index in [4.69, 9.17) is 5.26 Å². The third-order valence-electron chi connectivity index (χ3n) is 2.54. The first-order chi connectivity index (χ1) is 9.19. The Labute approximate surface area is 124 Å². The molecule has 0 aliphatic rings. The van der Waals surface area contributed by atoms with Gasteiger partial charge in [0.2, 0.25) is 0 Å². The van der Waals surface area contributed by atoms with E-state index >= 15 is 0 Å². The van der Waals surface area contributed by atoms with E-state index < -0.39 is 0 Å². The van der Waals surface area contributed by atoms with Crippen LogP contribution in [0.5, 0.6) is 0 Å². The maximum absolute atomic E-state index is 8.57. The standard InChI is InChI=1S/C12H12BrN5S/c1-18(3-2-10-4-9(13)6-19-10)12-5-11(15-7-14)16-8-17-12/h4-6,8H,2-3H2,1H3,(H,15,16,17). The summed E-state index contributed by atoms with van der Waals surface area (Å²) in [6.07, 6.45) is 4.26. The minimum Gasteiger partial charge on any atom is -0.359 e. The first-order valence-corrected chi connectivity index (χ1v) is 7.27. The van der Waals surface area contributed by atoms with Gasteiger partial charge in [0.15, 0.2) is 6.19 Å². The second kappa shape index (κ2) is 6.50. The molecule has 0 aliphatic heterocycles. The molecule has 0 saturated carbocycles. The first-order valence-electron chi connectivity index (χ1n) is 5.60. The molecule has 0 amide bonds. The number of rotatable bonds is 5. The van der Waals surface area contributed by atoms with E-state index in [2.05, 4.69) is 42.7 Å². The fraction of sp³-hybridized carbons (Fsp3) is 0.250. The molecular formula is C12H12BrN5S. The van der Waals surface area contributed by atoms with Crippen LogP contribution in [0, 0.1) is 11.5 Å². The largest absolute Gasteiger partial charge is 0.359 e. The maximum Gasteiger partial charge on any atom is 0.182 e. The van der Waals surface area contributed by atoms with E-state index in [9.17, 15) is 0 Å². The Morgan fingerprint density at radius 1 is 1.47 bits per heavy atom. The number of likely N-dealkylation sites (N-methyl/N-ethyl adjacent to an activating group) is 1. The zero-order valence-electron chi connectivity index (χ0n) is 10.3. The molecule has 98 valence electrons. The summed E-state index contributed by atoms with van der Waals surface area (Å²) >= 11 is 5.18. The van der Waals surface area contributed by atoms with Crippen LogP contribution < -0.4 is 10.2 Å². The van der Waals surface area contributed by atoms with Crippen LogP contribution in [0.1, 0.15) is 4.88 Å². The number of aromatic nitrogens is 2. The van der Waals surface area contributed by atoms with Gasteiger partial charge in [-0.25, -0.2) is 9.97 Å². The summed E-state index contributed by atoms with van der Waals surface area (Å²) in [7, 11) is 1.97. The third-order valence-corrected chi connectivity index (χ3v) is 4.30. The Hall–Kier alpha value is -1.65. The van der Waals surface area contributed by atoms with Crippen LogP contribution in [0.15, 0.2) is 28.3 Å². The lowest BCUT2D eigenvalue weighted by molar-refractivity contribution is 0.865. The molecule has 2 aromatic rings. The lowest BCUT2D eigenvalue weighted by atomic mass is 10.3. The molecule has 0 unspecified atom stereocenters. The molecule has 7 heteroatoms. The highest BCUT2D eigenvalue weighted by Gasteiger charge is 2.05. The fourth-order valence-electron chi connectivity index (χ4n) is 1.56. The molecule has 0 bridgehead atoms. The van der Waals surface area contributed by atoms with Crippen LogP contribution in [0.2, 0.25) is 0 Å². The number of nitrogens with one attached hydrogen (secondary N) is 1. The molecule has 2 heterocycles. The first kappa shape index (κ1) is 13.8. The Kier molecular flexibility index (Phi) is 4.71. The van der Waals surface area contributed by atoms with Gasteiger partial charge in [-0.3, -0.25) is 5.32 Å². The zero-order chi connectivity index (χ0) is 13.7. The van der Waals surface area contributed by atoms with Crippen LogP contribution in [0.25, 0.3) is 0 Å². The topological polar surface area (TPSA) is 64.8 Å². The quantitative estimate of drug-likeness (QED) is 0.671. The van der Waals surface area contributed by atoms with Crippen molar-refractivity contribution in [3.8, 4) is 6.19 Å². The Bertz CT molecular complexity index is 592. The van der Waals surface area contributed by atoms with E-state index in [-0.39, 0.29) is 0 Å². The van der Waals surface area contributed by atoms with E-state index in [1.165, 1.54) is 11.2 Å². The molecule has 0 spiro atoms. The monoisotopic (exact) mass is 337 g/mol. The summed E-state index contributed by atoms with van der Waals surface area (Å²) in [6.45, 7) is 0.857. The molecule has 0 saturated heterocycles. The van der Waals surface area contributed by atoms with Crippen molar-refractivity contribution in [3.05, 3.63) is 33.2 Å². The highest BCUT2D eigenvalue weighted by molar-refractivity contribution is 9.10. The van der Waals surface area contributed by atoms with Gasteiger partial charge in [0.05, 0.1) is 0 Å². The van der Waals surface area contributed by atoms with Gasteiger partial charge in [-0.2, -0.15) is 5.26 Å². The second-order valence-electron chi connectivity index (χ2n) is 3.90. The average molecular weight is 338 g/mol. The predicted molar refractivity (Wildman–Crippen MR) is 80.3 cm³/mol. The highest BCUT2D eigenvalue weighted by Crippen LogP contribution is 2.21. The van der Waals surface area contributed by atoms with E-state index in [0.717, 1.165) is 23.3 Å². The SMILES string of the molecule is CN(CCc1cc(Br)cs1)c1cc(NC#N)ncn1. The Balaban J connectivity index is 1.97. The number of anilines is 2. The summed E-state index contributed by atoms with van der Waals surface area (Å²) in [5.41, 5.74) is 0. The minimum atomic E-state index is 0.512. The van der Waals surface area contributed by atoms with Gasteiger partial charge in [0.25, 0.3) is 0 Å². The van der Waals surface area contributed by atoms with Crippen LogP contribution >= 0.6 is 27.3 Å². The molecule has 2 aromatic heterocycles. The van der Waals surface area contributed by atoms with Gasteiger partial charge >= 0.3 is 0 Å². The van der Waals surface area contributed by atoms with Gasteiger partial charge in [-0.1, -0.05) is 0 Å².